The van der Waals surface area contributed by atoms with E-state index in [0.717, 1.165) is 24.0 Å². The summed E-state index contributed by atoms with van der Waals surface area (Å²) in [6.07, 6.45) is -3.90. The second-order valence-electron chi connectivity index (χ2n) is 8.76. The highest BCUT2D eigenvalue weighted by Crippen LogP contribution is 2.36. The lowest BCUT2D eigenvalue weighted by Crippen LogP contribution is -2.52. The maximum Gasteiger partial charge on any atom is 0.416 e. The molecule has 0 aliphatic carbocycles. The minimum Gasteiger partial charge on any atom is -0.357 e. The van der Waals surface area contributed by atoms with Gasteiger partial charge in [-0.3, -0.25) is 13.9 Å². The van der Waals surface area contributed by atoms with Crippen molar-refractivity contribution in [1.82, 2.24) is 10.2 Å². The molecule has 0 spiro atoms. The number of hydrogen-bond donors (Lipinski definition) is 1. The Morgan fingerprint density at radius 3 is 2.03 bits per heavy atom. The molecule has 3 rings (SSSR count). The van der Waals surface area contributed by atoms with E-state index in [9.17, 15) is 31.2 Å². The number of nitrogens with zero attached hydrogens (tertiary/aromatic N) is 2. The Bertz CT molecular complexity index is 1400. The van der Waals surface area contributed by atoms with Gasteiger partial charge in [0.1, 0.15) is 12.6 Å². The molecule has 0 saturated heterocycles. The highest BCUT2D eigenvalue weighted by atomic mass is 35.5. The zero-order valence-corrected chi connectivity index (χ0v) is 22.7. The largest absolute Gasteiger partial charge is 0.416 e. The molecule has 1 N–H and O–H groups in total. The molecule has 3 aromatic carbocycles. The first kappa shape index (κ1) is 30.0. The maximum absolute atomic E-state index is 13.8. The van der Waals surface area contributed by atoms with Crippen LogP contribution in [-0.2, 0) is 38.8 Å². The summed E-state index contributed by atoms with van der Waals surface area (Å²) >= 11 is 6.12. The summed E-state index contributed by atoms with van der Waals surface area (Å²) < 4.78 is 66.2. The van der Waals surface area contributed by atoms with Gasteiger partial charge in [0.15, 0.2) is 0 Å². The van der Waals surface area contributed by atoms with Gasteiger partial charge in [-0.2, -0.15) is 13.2 Å². The molecular formula is C27H27ClF3N3O4S. The van der Waals surface area contributed by atoms with E-state index in [2.05, 4.69) is 5.32 Å². The van der Waals surface area contributed by atoms with Crippen molar-refractivity contribution in [3.8, 4) is 0 Å². The third-order valence-corrected chi connectivity index (χ3v) is 7.38. The summed E-state index contributed by atoms with van der Waals surface area (Å²) in [6, 6.07) is 18.8. The van der Waals surface area contributed by atoms with Crippen molar-refractivity contribution in [3.05, 3.63) is 101 Å². The number of nitrogens with one attached hydrogen (secondary N) is 1. The molecule has 7 nitrogen and oxygen atoms in total. The Kier molecular flexibility index (Phi) is 9.63. The molecule has 208 valence electrons. The fourth-order valence-corrected chi connectivity index (χ4v) is 5.10. The van der Waals surface area contributed by atoms with Gasteiger partial charge in [0.2, 0.25) is 21.8 Å². The minimum atomic E-state index is -4.77. The number of carbonyl (C=O) groups excluding carboxylic acids is 2. The van der Waals surface area contributed by atoms with Crippen molar-refractivity contribution in [2.45, 2.75) is 25.2 Å². The van der Waals surface area contributed by atoms with Crippen molar-refractivity contribution in [2.75, 3.05) is 24.2 Å². The number of halogens is 4. The summed E-state index contributed by atoms with van der Waals surface area (Å²) in [5.74, 6) is -1.30. The Morgan fingerprint density at radius 2 is 1.51 bits per heavy atom. The maximum atomic E-state index is 13.8. The minimum absolute atomic E-state index is 0.0570. The van der Waals surface area contributed by atoms with Crippen LogP contribution in [-0.4, -0.2) is 51.0 Å². The number of alkyl halides is 3. The first-order valence-corrected chi connectivity index (χ1v) is 14.0. The molecule has 1 atom stereocenters. The number of benzene rings is 3. The number of carbonyl (C=O) groups is 2. The van der Waals surface area contributed by atoms with Gasteiger partial charge in [-0.1, -0.05) is 72.3 Å². The average molecular weight is 582 g/mol. The van der Waals surface area contributed by atoms with Crippen LogP contribution in [0.5, 0.6) is 0 Å². The zero-order chi connectivity index (χ0) is 28.8. The van der Waals surface area contributed by atoms with Crippen LogP contribution in [0.2, 0.25) is 5.02 Å². The van der Waals surface area contributed by atoms with Crippen molar-refractivity contribution in [2.24, 2.45) is 0 Å². The molecule has 0 aliphatic rings. The highest BCUT2D eigenvalue weighted by Gasteiger charge is 2.35. The monoisotopic (exact) mass is 581 g/mol. The van der Waals surface area contributed by atoms with E-state index in [1.165, 1.54) is 11.9 Å². The molecule has 0 fully saturated rings. The SMILES string of the molecule is CNC(=O)[C@@H](Cc1ccccc1)N(Cc1ccccc1)C(=O)CN(c1cc(C(F)(F)F)ccc1Cl)S(C)(=O)=O. The van der Waals surface area contributed by atoms with Crippen LogP contribution in [0, 0.1) is 0 Å². The Balaban J connectivity index is 2.07. The van der Waals surface area contributed by atoms with Crippen molar-refractivity contribution in [3.63, 3.8) is 0 Å². The first-order valence-electron chi connectivity index (χ1n) is 11.7. The van der Waals surface area contributed by atoms with Gasteiger partial charge < -0.3 is 10.2 Å². The first-order chi connectivity index (χ1) is 18.3. The molecule has 12 heteroatoms. The molecule has 0 aliphatic heterocycles. The average Bonchev–Trinajstić information content (AvgIpc) is 2.89. The fourth-order valence-electron chi connectivity index (χ4n) is 3.98. The van der Waals surface area contributed by atoms with E-state index >= 15 is 0 Å². The van der Waals surface area contributed by atoms with Gasteiger partial charge in [-0.05, 0) is 29.3 Å². The van der Waals surface area contributed by atoms with Crippen molar-refractivity contribution < 1.29 is 31.2 Å². The summed E-state index contributed by atoms with van der Waals surface area (Å²) in [7, 11) is -2.87. The summed E-state index contributed by atoms with van der Waals surface area (Å²) in [5.41, 5.74) is -0.216. The van der Waals surface area contributed by atoms with Crippen LogP contribution >= 0.6 is 11.6 Å². The number of rotatable bonds is 10. The number of hydrogen-bond acceptors (Lipinski definition) is 4. The topological polar surface area (TPSA) is 86.8 Å². The predicted molar refractivity (Wildman–Crippen MR) is 144 cm³/mol. The molecule has 0 saturated carbocycles. The number of sulfonamides is 1. The second kappa shape index (κ2) is 12.5. The van der Waals surface area contributed by atoms with Gasteiger partial charge in [-0.15, -0.1) is 0 Å². The molecule has 2 amide bonds. The number of likely N-dealkylation sites (N-methyl/N-ethyl adjacent to an activating group) is 1. The normalized spacial score (nSPS) is 12.5. The quantitative estimate of drug-likeness (QED) is 0.382. The van der Waals surface area contributed by atoms with Crippen molar-refractivity contribution in [1.29, 1.82) is 0 Å². The van der Waals surface area contributed by atoms with Crippen LogP contribution in [0.15, 0.2) is 78.9 Å². The van der Waals surface area contributed by atoms with Crippen LogP contribution in [0.1, 0.15) is 16.7 Å². The standard InChI is InChI=1S/C27H27ClF3N3O4S/c1-32-26(36)24(15-19-9-5-3-6-10-19)33(17-20-11-7-4-8-12-20)25(35)18-34(39(2,37)38)23-16-21(27(29,30)31)13-14-22(23)28/h3-14,16,24H,15,17-18H2,1-2H3,(H,32,36)/t24-/m1/s1. The van der Waals surface area contributed by atoms with E-state index in [1.807, 2.05) is 0 Å². The van der Waals surface area contributed by atoms with Crippen LogP contribution in [0.25, 0.3) is 0 Å². The summed E-state index contributed by atoms with van der Waals surface area (Å²) in [4.78, 5) is 28.1. The van der Waals surface area contributed by atoms with Crippen LogP contribution < -0.4 is 9.62 Å². The molecule has 3 aromatic rings. The lowest BCUT2D eigenvalue weighted by molar-refractivity contribution is -0.139. The smallest absolute Gasteiger partial charge is 0.357 e. The van der Waals surface area contributed by atoms with Crippen LogP contribution in [0.4, 0.5) is 18.9 Å². The van der Waals surface area contributed by atoms with Crippen LogP contribution in [0.3, 0.4) is 0 Å². The van der Waals surface area contributed by atoms with Gasteiger partial charge in [0, 0.05) is 20.0 Å². The van der Waals surface area contributed by atoms with E-state index in [4.69, 9.17) is 11.6 Å². The third-order valence-electron chi connectivity index (χ3n) is 5.93. The van der Waals surface area contributed by atoms with Gasteiger partial charge >= 0.3 is 6.18 Å². The van der Waals surface area contributed by atoms with Gasteiger partial charge in [0.05, 0.1) is 22.5 Å². The Hall–Kier alpha value is -3.57. The summed E-state index contributed by atoms with van der Waals surface area (Å²) in [5, 5.41) is 2.26. The molecule has 0 bridgehead atoms. The van der Waals surface area contributed by atoms with E-state index in [0.29, 0.717) is 15.9 Å². The molecule has 0 unspecified atom stereocenters. The number of amides is 2. The molecule has 0 radical (unpaired) electrons. The van der Waals surface area contributed by atoms with Gasteiger partial charge in [-0.25, -0.2) is 8.42 Å². The molecule has 0 aromatic heterocycles. The Morgan fingerprint density at radius 1 is 0.949 bits per heavy atom. The third kappa shape index (κ3) is 7.96. The number of anilines is 1. The lowest BCUT2D eigenvalue weighted by Gasteiger charge is -2.33. The zero-order valence-electron chi connectivity index (χ0n) is 21.2. The molecular weight excluding hydrogens is 555 g/mol. The molecule has 0 heterocycles. The molecule has 39 heavy (non-hydrogen) atoms. The summed E-state index contributed by atoms with van der Waals surface area (Å²) in [6.45, 7) is -0.937. The second-order valence-corrected chi connectivity index (χ2v) is 11.1. The van der Waals surface area contributed by atoms with E-state index in [-0.39, 0.29) is 18.0 Å². The Labute approximate surface area is 230 Å². The predicted octanol–water partition coefficient (Wildman–Crippen LogP) is 4.51. The van der Waals surface area contributed by atoms with E-state index in [1.54, 1.807) is 60.7 Å². The van der Waals surface area contributed by atoms with E-state index < -0.39 is 51.9 Å². The highest BCUT2D eigenvalue weighted by molar-refractivity contribution is 7.92. The lowest BCUT2D eigenvalue weighted by atomic mass is 10.0. The van der Waals surface area contributed by atoms with Crippen molar-refractivity contribution >= 4 is 39.1 Å². The fraction of sp³-hybridized carbons (Fsp3) is 0.259. The van der Waals surface area contributed by atoms with Gasteiger partial charge in [0.25, 0.3) is 0 Å².